The molecule has 1 amide bonds. The number of hydrogen-bond donors (Lipinski definition) is 1. The number of likely N-dealkylation sites (tertiary alicyclic amines) is 1. The van der Waals surface area contributed by atoms with Crippen molar-refractivity contribution in [3.63, 3.8) is 0 Å². The summed E-state index contributed by atoms with van der Waals surface area (Å²) in [5, 5.41) is 3.20. The summed E-state index contributed by atoms with van der Waals surface area (Å²) in [6.07, 6.45) is 6.95. The van der Waals surface area contributed by atoms with Crippen molar-refractivity contribution >= 4 is 26.7 Å². The predicted octanol–water partition coefficient (Wildman–Crippen LogP) is 3.49. The minimum Gasteiger partial charge on any atom is -0.356 e. The number of nitrogens with zero attached hydrogens (tertiary/aromatic N) is 2. The lowest BCUT2D eigenvalue weighted by molar-refractivity contribution is -0.126. The molecule has 4 rings (SSSR count). The average Bonchev–Trinajstić information content (AvgIpc) is 3.33. The summed E-state index contributed by atoms with van der Waals surface area (Å²) >= 11 is 0. The van der Waals surface area contributed by atoms with Gasteiger partial charge in [0.1, 0.15) is 10.7 Å². The van der Waals surface area contributed by atoms with Crippen LogP contribution in [0, 0.1) is 5.92 Å². The Labute approximate surface area is 179 Å². The molecule has 0 atom stereocenters. The number of nitrogens with one attached hydrogen (secondary N) is 1. The zero-order valence-electron chi connectivity index (χ0n) is 17.9. The lowest BCUT2D eigenvalue weighted by Gasteiger charge is -2.33. The number of benzene rings is 1. The Hall–Kier alpha value is -2.15. The van der Waals surface area contributed by atoms with Gasteiger partial charge in [-0.2, -0.15) is 8.42 Å². The first-order chi connectivity index (χ1) is 14.4. The zero-order valence-corrected chi connectivity index (χ0v) is 18.7. The molecular formula is C23H31N3O3S. The first kappa shape index (κ1) is 21.1. The van der Waals surface area contributed by atoms with Gasteiger partial charge in [0.05, 0.1) is 0 Å². The Morgan fingerprint density at radius 2 is 1.73 bits per heavy atom. The van der Waals surface area contributed by atoms with Crippen LogP contribution in [0.2, 0.25) is 0 Å². The largest absolute Gasteiger partial charge is 0.356 e. The van der Waals surface area contributed by atoms with Crippen LogP contribution in [0.5, 0.6) is 0 Å². The number of carbonyl (C=O) groups is 1. The summed E-state index contributed by atoms with van der Waals surface area (Å²) in [6.45, 7) is 5.21. The topological polar surface area (TPSA) is 78.8 Å². The van der Waals surface area contributed by atoms with Crippen molar-refractivity contribution < 1.29 is 13.2 Å². The zero-order chi connectivity index (χ0) is 21.3. The molecular weight excluding hydrogens is 398 g/mol. The van der Waals surface area contributed by atoms with Crippen LogP contribution in [0.4, 0.5) is 0 Å². The molecule has 0 bridgehead atoms. The molecule has 2 aliphatic heterocycles. The van der Waals surface area contributed by atoms with E-state index in [-0.39, 0.29) is 11.8 Å². The van der Waals surface area contributed by atoms with E-state index in [0.29, 0.717) is 41.0 Å². The van der Waals surface area contributed by atoms with Gasteiger partial charge in [-0.3, -0.25) is 4.79 Å². The summed E-state index contributed by atoms with van der Waals surface area (Å²) in [5.41, 5.74) is 2.56. The van der Waals surface area contributed by atoms with Gasteiger partial charge >= 0.3 is 0 Å². The van der Waals surface area contributed by atoms with Crippen LogP contribution < -0.4 is 5.32 Å². The predicted molar refractivity (Wildman–Crippen MR) is 119 cm³/mol. The van der Waals surface area contributed by atoms with E-state index in [0.717, 1.165) is 32.1 Å². The van der Waals surface area contributed by atoms with E-state index in [1.54, 1.807) is 0 Å². The molecule has 1 N–H and O–H groups in total. The van der Waals surface area contributed by atoms with Gasteiger partial charge in [-0.15, -0.1) is 4.40 Å². The number of rotatable bonds is 4. The Kier molecular flexibility index (Phi) is 6.00. The summed E-state index contributed by atoms with van der Waals surface area (Å²) in [5.74, 6) is 0.705. The number of carbonyl (C=O) groups excluding carboxylic acids is 1. The summed E-state index contributed by atoms with van der Waals surface area (Å²) in [7, 11) is -3.71. The molecule has 0 unspecified atom stereocenters. The smallest absolute Gasteiger partial charge is 0.285 e. The summed E-state index contributed by atoms with van der Waals surface area (Å²) in [4.78, 5) is 14.9. The molecule has 1 aromatic rings. The van der Waals surface area contributed by atoms with Crippen LogP contribution in [-0.4, -0.2) is 44.2 Å². The molecule has 1 aliphatic carbocycles. The average molecular weight is 430 g/mol. The molecule has 2 heterocycles. The van der Waals surface area contributed by atoms with Gasteiger partial charge in [-0.25, -0.2) is 0 Å². The Morgan fingerprint density at radius 3 is 2.33 bits per heavy atom. The van der Waals surface area contributed by atoms with Gasteiger partial charge in [-0.05, 0) is 50.2 Å². The van der Waals surface area contributed by atoms with Crippen LogP contribution in [0.3, 0.4) is 0 Å². The highest BCUT2D eigenvalue weighted by atomic mass is 32.2. The molecule has 162 valence electrons. The van der Waals surface area contributed by atoms with Gasteiger partial charge in [0.2, 0.25) is 5.91 Å². The highest BCUT2D eigenvalue weighted by Crippen LogP contribution is 2.35. The molecule has 2 fully saturated rings. The second kappa shape index (κ2) is 8.53. The van der Waals surface area contributed by atoms with E-state index in [1.807, 2.05) is 36.1 Å². The van der Waals surface area contributed by atoms with Crippen molar-refractivity contribution in [1.29, 1.82) is 0 Å². The van der Waals surface area contributed by atoms with Crippen molar-refractivity contribution in [3.8, 4) is 0 Å². The molecule has 0 spiro atoms. The number of sulfonamides is 1. The van der Waals surface area contributed by atoms with E-state index >= 15 is 0 Å². The number of amidine groups is 1. The van der Waals surface area contributed by atoms with Gasteiger partial charge in [0.25, 0.3) is 10.0 Å². The first-order valence-corrected chi connectivity index (χ1v) is 12.5. The second-order valence-electron chi connectivity index (χ2n) is 8.65. The third-order valence-corrected chi connectivity index (χ3v) is 8.10. The van der Waals surface area contributed by atoms with Crippen molar-refractivity contribution in [3.05, 3.63) is 41.0 Å². The molecule has 3 aliphatic rings. The van der Waals surface area contributed by atoms with E-state index in [1.165, 1.54) is 18.4 Å². The molecule has 1 saturated heterocycles. The molecule has 0 radical (unpaired) electrons. The van der Waals surface area contributed by atoms with Crippen molar-refractivity contribution in [2.45, 2.75) is 64.8 Å². The minimum atomic E-state index is -3.71. The summed E-state index contributed by atoms with van der Waals surface area (Å²) < 4.78 is 29.7. The monoisotopic (exact) mass is 429 g/mol. The van der Waals surface area contributed by atoms with Crippen molar-refractivity contribution in [2.24, 2.45) is 10.3 Å². The standard InChI is InChI=1S/C23H31N3O3S/c1-3-17-8-10-18(11-9-17)21-16(2)22(25-30(21,28)29)26-14-12-19(13-15-26)23(27)24-20-6-4-5-7-20/h8-11,19-20H,3-7,12-15H2,1-2H3,(H,24,27). The highest BCUT2D eigenvalue weighted by molar-refractivity contribution is 8.00. The van der Waals surface area contributed by atoms with Gasteiger partial charge in [0, 0.05) is 30.6 Å². The number of aryl methyl sites for hydroxylation is 1. The fraction of sp³-hybridized carbons (Fsp3) is 0.565. The van der Waals surface area contributed by atoms with Gasteiger partial charge < -0.3 is 10.2 Å². The lowest BCUT2D eigenvalue weighted by atomic mass is 9.94. The van der Waals surface area contributed by atoms with E-state index in [2.05, 4.69) is 16.6 Å². The highest BCUT2D eigenvalue weighted by Gasteiger charge is 2.36. The quantitative estimate of drug-likeness (QED) is 0.795. The minimum absolute atomic E-state index is 0.00537. The third kappa shape index (κ3) is 4.17. The van der Waals surface area contributed by atoms with Gasteiger partial charge in [-0.1, -0.05) is 44.0 Å². The molecule has 1 saturated carbocycles. The number of amides is 1. The fourth-order valence-electron chi connectivity index (χ4n) is 4.82. The second-order valence-corrected chi connectivity index (χ2v) is 10.2. The number of piperidine rings is 1. The number of hydrogen-bond acceptors (Lipinski definition) is 4. The molecule has 1 aromatic carbocycles. The van der Waals surface area contributed by atoms with Crippen molar-refractivity contribution in [1.82, 2.24) is 10.2 Å². The van der Waals surface area contributed by atoms with Crippen LogP contribution in [0.15, 0.2) is 34.2 Å². The lowest BCUT2D eigenvalue weighted by Crippen LogP contribution is -2.44. The first-order valence-electron chi connectivity index (χ1n) is 11.1. The van der Waals surface area contributed by atoms with Crippen LogP contribution in [0.25, 0.3) is 4.91 Å². The summed E-state index contributed by atoms with van der Waals surface area (Å²) in [6, 6.07) is 8.02. The van der Waals surface area contributed by atoms with Crippen LogP contribution >= 0.6 is 0 Å². The maximum absolute atomic E-state index is 12.8. The third-order valence-electron chi connectivity index (χ3n) is 6.63. The van der Waals surface area contributed by atoms with E-state index < -0.39 is 10.0 Å². The van der Waals surface area contributed by atoms with Gasteiger partial charge in [0.15, 0.2) is 0 Å². The Balaban J connectivity index is 1.45. The molecule has 6 nitrogen and oxygen atoms in total. The maximum Gasteiger partial charge on any atom is 0.285 e. The Morgan fingerprint density at radius 1 is 1.10 bits per heavy atom. The van der Waals surface area contributed by atoms with Crippen LogP contribution in [-0.2, 0) is 21.2 Å². The fourth-order valence-corrected chi connectivity index (χ4v) is 6.30. The SMILES string of the molecule is CCc1ccc(C2=C(C)C(N3CCC(C(=O)NC4CCCC4)CC3)=NS2(=O)=O)cc1. The molecule has 7 heteroatoms. The Bertz CT molecular complexity index is 965. The van der Waals surface area contributed by atoms with E-state index in [4.69, 9.17) is 0 Å². The maximum atomic E-state index is 12.8. The molecule has 30 heavy (non-hydrogen) atoms. The van der Waals surface area contributed by atoms with Crippen LogP contribution in [0.1, 0.15) is 63.5 Å². The van der Waals surface area contributed by atoms with E-state index in [9.17, 15) is 13.2 Å². The van der Waals surface area contributed by atoms with Crippen molar-refractivity contribution in [2.75, 3.05) is 13.1 Å². The normalized spacial score (nSPS) is 22.5. The molecule has 0 aromatic heterocycles.